The van der Waals surface area contributed by atoms with Crippen LogP contribution in [-0.4, -0.2) is 42.3 Å². The summed E-state index contributed by atoms with van der Waals surface area (Å²) in [6, 6.07) is 6.59. The van der Waals surface area contributed by atoms with E-state index in [1.807, 2.05) is 13.8 Å². The Bertz CT molecular complexity index is 799. The Hall–Kier alpha value is -3.03. The zero-order chi connectivity index (χ0) is 18.0. The van der Waals surface area contributed by atoms with E-state index in [9.17, 15) is 9.59 Å². The van der Waals surface area contributed by atoms with Crippen LogP contribution >= 0.6 is 0 Å². The van der Waals surface area contributed by atoms with Crippen molar-refractivity contribution in [3.05, 3.63) is 35.5 Å². The van der Waals surface area contributed by atoms with Gasteiger partial charge in [0.2, 0.25) is 0 Å². The van der Waals surface area contributed by atoms with Gasteiger partial charge in [-0.1, -0.05) is 13.8 Å². The van der Waals surface area contributed by atoms with E-state index in [2.05, 4.69) is 20.8 Å². The van der Waals surface area contributed by atoms with Gasteiger partial charge in [-0.25, -0.2) is 4.79 Å². The van der Waals surface area contributed by atoms with Crippen LogP contribution in [-0.2, 0) is 0 Å². The Morgan fingerprint density at radius 1 is 1.36 bits per heavy atom. The first-order valence-corrected chi connectivity index (χ1v) is 8.09. The first-order valence-electron chi connectivity index (χ1n) is 8.09. The maximum absolute atomic E-state index is 12.5. The van der Waals surface area contributed by atoms with Crippen molar-refractivity contribution in [1.29, 1.82) is 0 Å². The molecule has 0 saturated carbocycles. The van der Waals surface area contributed by atoms with Crippen LogP contribution in [0, 0.1) is 0 Å². The molecule has 3 rings (SSSR count). The van der Waals surface area contributed by atoms with Crippen LogP contribution in [0.15, 0.2) is 24.3 Å². The summed E-state index contributed by atoms with van der Waals surface area (Å²) in [5, 5.41) is 12.5. The van der Waals surface area contributed by atoms with Crippen molar-refractivity contribution in [2.75, 3.05) is 30.4 Å². The molecule has 2 heterocycles. The van der Waals surface area contributed by atoms with Gasteiger partial charge in [-0.2, -0.15) is 5.10 Å². The topological polar surface area (TPSA) is 99.3 Å². The zero-order valence-electron chi connectivity index (χ0n) is 14.4. The number of anilines is 2. The van der Waals surface area contributed by atoms with E-state index < -0.39 is 0 Å². The van der Waals surface area contributed by atoms with E-state index in [1.54, 1.807) is 29.2 Å². The second-order valence-electron chi connectivity index (χ2n) is 6.09. The van der Waals surface area contributed by atoms with Crippen LogP contribution < -0.4 is 20.3 Å². The van der Waals surface area contributed by atoms with E-state index in [0.29, 0.717) is 41.8 Å². The Labute approximate surface area is 145 Å². The van der Waals surface area contributed by atoms with Crippen LogP contribution in [0.3, 0.4) is 0 Å². The van der Waals surface area contributed by atoms with Crippen molar-refractivity contribution >= 4 is 23.4 Å². The summed E-state index contributed by atoms with van der Waals surface area (Å²) >= 11 is 0. The molecule has 8 heteroatoms. The average molecular weight is 343 g/mol. The monoisotopic (exact) mass is 343 g/mol. The molecule has 1 aromatic heterocycles. The number of benzene rings is 1. The number of nitrogens with zero attached hydrogens (tertiary/aromatic N) is 2. The van der Waals surface area contributed by atoms with Gasteiger partial charge in [-0.05, 0) is 24.1 Å². The first-order chi connectivity index (χ1) is 12.0. The maximum atomic E-state index is 12.5. The molecule has 132 valence electrons. The maximum Gasteiger partial charge on any atom is 0.322 e. The summed E-state index contributed by atoms with van der Waals surface area (Å²) in [6.07, 6.45) is 0. The Morgan fingerprint density at radius 3 is 2.76 bits per heavy atom. The van der Waals surface area contributed by atoms with Crippen LogP contribution in [0.2, 0.25) is 0 Å². The third kappa shape index (κ3) is 3.42. The number of aromatic nitrogens is 2. The third-order valence-corrected chi connectivity index (χ3v) is 4.05. The lowest BCUT2D eigenvalue weighted by Gasteiger charge is -2.18. The van der Waals surface area contributed by atoms with Gasteiger partial charge in [0, 0.05) is 30.4 Å². The predicted octanol–water partition coefficient (Wildman–Crippen LogP) is 2.32. The van der Waals surface area contributed by atoms with E-state index in [-0.39, 0.29) is 11.9 Å². The molecule has 8 nitrogen and oxygen atoms in total. The van der Waals surface area contributed by atoms with Crippen LogP contribution in [0.4, 0.5) is 16.3 Å². The van der Waals surface area contributed by atoms with Crippen molar-refractivity contribution in [2.24, 2.45) is 0 Å². The molecule has 1 aliphatic rings. The molecule has 0 unspecified atom stereocenters. The van der Waals surface area contributed by atoms with E-state index in [1.165, 1.54) is 7.11 Å². The highest BCUT2D eigenvalue weighted by atomic mass is 16.5. The largest absolute Gasteiger partial charge is 0.495 e. The lowest BCUT2D eigenvalue weighted by atomic mass is 10.1. The van der Waals surface area contributed by atoms with Gasteiger partial charge in [0.25, 0.3) is 5.91 Å². The van der Waals surface area contributed by atoms with Crippen LogP contribution in [0.1, 0.15) is 35.8 Å². The van der Waals surface area contributed by atoms with Crippen molar-refractivity contribution in [1.82, 2.24) is 15.5 Å². The predicted molar refractivity (Wildman–Crippen MR) is 94.4 cm³/mol. The second kappa shape index (κ2) is 6.84. The lowest BCUT2D eigenvalue weighted by molar-refractivity contribution is 0.102. The quantitative estimate of drug-likeness (QED) is 0.776. The summed E-state index contributed by atoms with van der Waals surface area (Å²) in [5.74, 6) is 0.991. The number of ether oxygens (including phenoxy) is 1. The highest BCUT2D eigenvalue weighted by Crippen LogP contribution is 2.30. The molecule has 0 bridgehead atoms. The molecule has 25 heavy (non-hydrogen) atoms. The normalized spacial score (nSPS) is 13.9. The van der Waals surface area contributed by atoms with Crippen molar-refractivity contribution in [3.8, 4) is 5.75 Å². The smallest absolute Gasteiger partial charge is 0.322 e. The summed E-state index contributed by atoms with van der Waals surface area (Å²) in [6.45, 7) is 5.16. The Kier molecular flexibility index (Phi) is 4.60. The molecule has 2 aromatic rings. The van der Waals surface area contributed by atoms with Gasteiger partial charge in [-0.15, -0.1) is 0 Å². The minimum Gasteiger partial charge on any atom is -0.495 e. The second-order valence-corrected chi connectivity index (χ2v) is 6.09. The molecule has 0 radical (unpaired) electrons. The molecule has 0 aliphatic carbocycles. The summed E-state index contributed by atoms with van der Waals surface area (Å²) in [7, 11) is 1.53. The molecule has 0 atom stereocenters. The molecular weight excluding hydrogens is 322 g/mol. The lowest BCUT2D eigenvalue weighted by Crippen LogP contribution is -2.28. The van der Waals surface area contributed by atoms with Crippen molar-refractivity contribution < 1.29 is 14.3 Å². The average Bonchev–Trinajstić information content (AvgIpc) is 3.23. The van der Waals surface area contributed by atoms with Gasteiger partial charge in [0.1, 0.15) is 5.75 Å². The highest BCUT2D eigenvalue weighted by molar-refractivity contribution is 6.05. The number of hydrogen-bond donors (Lipinski definition) is 3. The minimum absolute atomic E-state index is 0.204. The molecule has 1 aromatic carbocycles. The summed E-state index contributed by atoms with van der Waals surface area (Å²) < 4.78 is 5.32. The van der Waals surface area contributed by atoms with E-state index in [4.69, 9.17) is 4.74 Å². The zero-order valence-corrected chi connectivity index (χ0v) is 14.4. The van der Waals surface area contributed by atoms with E-state index >= 15 is 0 Å². The van der Waals surface area contributed by atoms with Gasteiger partial charge >= 0.3 is 6.03 Å². The minimum atomic E-state index is -0.301. The number of H-pyrrole nitrogens is 1. The molecule has 1 fully saturated rings. The fraction of sp³-hybridized carbons (Fsp3) is 0.353. The third-order valence-electron chi connectivity index (χ3n) is 4.05. The molecule has 1 aliphatic heterocycles. The fourth-order valence-electron chi connectivity index (χ4n) is 2.63. The van der Waals surface area contributed by atoms with Gasteiger partial charge < -0.3 is 15.4 Å². The molecule has 3 amide bonds. The van der Waals surface area contributed by atoms with Gasteiger partial charge in [0.15, 0.2) is 5.82 Å². The molecule has 1 saturated heterocycles. The standard InChI is InChI=1S/C17H21N5O3/c1-10(2)12-9-15(21-20-12)19-16(23)11-4-5-14(25-3)13(8-11)22-7-6-18-17(22)24/h4-5,8-10H,6-7H2,1-3H3,(H,18,24)(H2,19,20,21,23). The Balaban J connectivity index is 1.83. The highest BCUT2D eigenvalue weighted by Gasteiger charge is 2.25. The Morgan fingerprint density at radius 2 is 2.16 bits per heavy atom. The summed E-state index contributed by atoms with van der Waals surface area (Å²) in [4.78, 5) is 26.0. The van der Waals surface area contributed by atoms with Crippen molar-refractivity contribution in [3.63, 3.8) is 0 Å². The number of hydrogen-bond acceptors (Lipinski definition) is 4. The number of amides is 3. The van der Waals surface area contributed by atoms with Gasteiger partial charge in [0.05, 0.1) is 12.8 Å². The van der Waals surface area contributed by atoms with Crippen LogP contribution in [0.25, 0.3) is 0 Å². The number of aromatic amines is 1. The fourth-order valence-corrected chi connectivity index (χ4v) is 2.63. The van der Waals surface area contributed by atoms with Gasteiger partial charge in [-0.3, -0.25) is 14.8 Å². The number of methoxy groups -OCH3 is 1. The molecular formula is C17H21N5O3. The summed E-state index contributed by atoms with van der Waals surface area (Å²) in [5.41, 5.74) is 1.93. The number of nitrogens with one attached hydrogen (secondary N) is 3. The first kappa shape index (κ1) is 16.8. The van der Waals surface area contributed by atoms with Crippen LogP contribution in [0.5, 0.6) is 5.75 Å². The molecule has 3 N–H and O–H groups in total. The van der Waals surface area contributed by atoms with Crippen molar-refractivity contribution in [2.45, 2.75) is 19.8 Å². The number of rotatable bonds is 5. The number of carbonyl (C=O) groups is 2. The molecule has 0 spiro atoms. The SMILES string of the molecule is COc1ccc(C(=O)Nc2cc(C(C)C)[nH]n2)cc1N1CCNC1=O. The number of urea groups is 1. The number of carbonyl (C=O) groups excluding carboxylic acids is 2. The van der Waals surface area contributed by atoms with E-state index in [0.717, 1.165) is 5.69 Å².